The summed E-state index contributed by atoms with van der Waals surface area (Å²) in [6, 6.07) is 3.65. The van der Waals surface area contributed by atoms with Crippen molar-refractivity contribution in [2.45, 2.75) is 65.3 Å². The Kier molecular flexibility index (Phi) is 6.49. The maximum Gasteiger partial charge on any atom is 0.251 e. The molecule has 4 nitrogen and oxygen atoms in total. The van der Waals surface area contributed by atoms with E-state index in [4.69, 9.17) is 5.73 Å². The van der Waals surface area contributed by atoms with Crippen molar-refractivity contribution in [3.63, 3.8) is 0 Å². The molecule has 0 aliphatic rings. The summed E-state index contributed by atoms with van der Waals surface area (Å²) in [5.74, 6) is 0.594. The van der Waals surface area contributed by atoms with Crippen molar-refractivity contribution in [2.24, 2.45) is 0 Å². The minimum atomic E-state index is -0.0648. The quantitative estimate of drug-likeness (QED) is 0.750. The molecule has 0 aliphatic carbocycles. The molecule has 0 aromatic carbocycles. The maximum atomic E-state index is 12.2. The van der Waals surface area contributed by atoms with Gasteiger partial charge in [-0.2, -0.15) is 0 Å². The van der Waals surface area contributed by atoms with E-state index < -0.39 is 0 Å². The Labute approximate surface area is 122 Å². The molecule has 1 atom stereocenters. The van der Waals surface area contributed by atoms with Crippen LogP contribution in [0, 0.1) is 0 Å². The number of hydrogen-bond donors (Lipinski definition) is 2. The third-order valence-electron chi connectivity index (χ3n) is 3.34. The van der Waals surface area contributed by atoms with Gasteiger partial charge >= 0.3 is 0 Å². The first kappa shape index (κ1) is 16.5. The van der Waals surface area contributed by atoms with Gasteiger partial charge in [-0.1, -0.05) is 40.0 Å². The standard InChI is InChI=1S/C16H27N3O/c1-5-6-7-8-12(4)18-16(20)13-9-14(11(2)3)19-15(17)10-13/h9-12H,5-8H2,1-4H3,(H2,17,19)(H,18,20). The highest BCUT2D eigenvalue weighted by Crippen LogP contribution is 2.16. The molecule has 1 aromatic rings. The summed E-state index contributed by atoms with van der Waals surface area (Å²) in [4.78, 5) is 16.5. The van der Waals surface area contributed by atoms with Gasteiger partial charge in [-0.05, 0) is 31.4 Å². The first-order chi connectivity index (χ1) is 9.43. The molecule has 1 rings (SSSR count). The molecule has 0 radical (unpaired) electrons. The molecule has 112 valence electrons. The van der Waals surface area contributed by atoms with Gasteiger partial charge in [0.15, 0.2) is 0 Å². The number of amides is 1. The van der Waals surface area contributed by atoms with Crippen molar-refractivity contribution in [1.82, 2.24) is 10.3 Å². The van der Waals surface area contributed by atoms with Crippen LogP contribution in [0.3, 0.4) is 0 Å². The van der Waals surface area contributed by atoms with E-state index in [1.165, 1.54) is 12.8 Å². The van der Waals surface area contributed by atoms with Crippen LogP contribution in [-0.4, -0.2) is 16.9 Å². The second kappa shape index (κ2) is 7.88. The number of anilines is 1. The molecule has 3 N–H and O–H groups in total. The molecule has 0 saturated heterocycles. The first-order valence-corrected chi connectivity index (χ1v) is 7.52. The van der Waals surface area contributed by atoms with E-state index in [0.717, 1.165) is 18.5 Å². The van der Waals surface area contributed by atoms with Gasteiger partial charge in [0.1, 0.15) is 5.82 Å². The summed E-state index contributed by atoms with van der Waals surface area (Å²) < 4.78 is 0. The number of carbonyl (C=O) groups is 1. The monoisotopic (exact) mass is 277 g/mol. The van der Waals surface area contributed by atoms with Crippen molar-refractivity contribution in [3.05, 3.63) is 23.4 Å². The van der Waals surface area contributed by atoms with Crippen molar-refractivity contribution in [2.75, 3.05) is 5.73 Å². The van der Waals surface area contributed by atoms with Crippen LogP contribution in [0.4, 0.5) is 5.82 Å². The second-order valence-corrected chi connectivity index (χ2v) is 5.73. The SMILES string of the molecule is CCCCCC(C)NC(=O)c1cc(N)nc(C(C)C)c1. The van der Waals surface area contributed by atoms with Gasteiger partial charge in [0.2, 0.25) is 0 Å². The number of nitrogens with zero attached hydrogens (tertiary/aromatic N) is 1. The molecule has 0 aliphatic heterocycles. The lowest BCUT2D eigenvalue weighted by atomic mass is 10.1. The highest BCUT2D eigenvalue weighted by molar-refractivity contribution is 5.95. The van der Waals surface area contributed by atoms with Crippen LogP contribution in [0.25, 0.3) is 0 Å². The Hall–Kier alpha value is -1.58. The lowest BCUT2D eigenvalue weighted by Gasteiger charge is -2.15. The summed E-state index contributed by atoms with van der Waals surface area (Å²) in [5.41, 5.74) is 7.23. The largest absolute Gasteiger partial charge is 0.384 e. The number of nitrogens with one attached hydrogen (secondary N) is 1. The number of hydrogen-bond acceptors (Lipinski definition) is 3. The molecule has 1 amide bonds. The first-order valence-electron chi connectivity index (χ1n) is 7.52. The van der Waals surface area contributed by atoms with Crippen LogP contribution in [-0.2, 0) is 0 Å². The Balaban J connectivity index is 2.67. The van der Waals surface area contributed by atoms with Gasteiger partial charge in [-0.15, -0.1) is 0 Å². The van der Waals surface area contributed by atoms with Crippen LogP contribution in [0.2, 0.25) is 0 Å². The molecular weight excluding hydrogens is 250 g/mol. The summed E-state index contributed by atoms with van der Waals surface area (Å²) in [6.45, 7) is 8.30. The smallest absolute Gasteiger partial charge is 0.251 e. The molecule has 0 fully saturated rings. The minimum absolute atomic E-state index is 0.0648. The average Bonchev–Trinajstić information content (AvgIpc) is 2.38. The van der Waals surface area contributed by atoms with E-state index in [1.807, 2.05) is 26.8 Å². The molecule has 1 aromatic heterocycles. The van der Waals surface area contributed by atoms with E-state index in [0.29, 0.717) is 11.4 Å². The predicted octanol–water partition coefficient (Wildman–Crippen LogP) is 3.49. The summed E-state index contributed by atoms with van der Waals surface area (Å²) in [5, 5.41) is 3.03. The van der Waals surface area contributed by atoms with Gasteiger partial charge in [-0.3, -0.25) is 4.79 Å². The lowest BCUT2D eigenvalue weighted by Crippen LogP contribution is -2.32. The van der Waals surface area contributed by atoms with Crippen LogP contribution >= 0.6 is 0 Å². The lowest BCUT2D eigenvalue weighted by molar-refractivity contribution is 0.0937. The van der Waals surface area contributed by atoms with E-state index in [2.05, 4.69) is 17.2 Å². The normalized spacial score (nSPS) is 12.4. The number of pyridine rings is 1. The van der Waals surface area contributed by atoms with Gasteiger partial charge < -0.3 is 11.1 Å². The molecule has 1 unspecified atom stereocenters. The fraction of sp³-hybridized carbons (Fsp3) is 0.625. The summed E-state index contributed by atoms with van der Waals surface area (Å²) in [7, 11) is 0. The van der Waals surface area contributed by atoms with Crippen LogP contribution in [0.1, 0.15) is 75.3 Å². The molecule has 0 saturated carbocycles. The molecule has 0 bridgehead atoms. The highest BCUT2D eigenvalue weighted by atomic mass is 16.1. The molecular formula is C16H27N3O. The van der Waals surface area contributed by atoms with E-state index in [-0.39, 0.29) is 17.9 Å². The van der Waals surface area contributed by atoms with Gasteiger partial charge in [0.25, 0.3) is 5.91 Å². The molecule has 20 heavy (non-hydrogen) atoms. The zero-order valence-electron chi connectivity index (χ0n) is 13.1. The number of aromatic nitrogens is 1. The van der Waals surface area contributed by atoms with Gasteiger partial charge in [0.05, 0.1) is 0 Å². The number of nitrogen functional groups attached to an aromatic ring is 1. The van der Waals surface area contributed by atoms with Crippen LogP contribution in [0.15, 0.2) is 12.1 Å². The molecule has 0 spiro atoms. The van der Waals surface area contributed by atoms with Crippen LogP contribution in [0.5, 0.6) is 0 Å². The van der Waals surface area contributed by atoms with Crippen molar-refractivity contribution < 1.29 is 4.79 Å². The fourth-order valence-electron chi connectivity index (χ4n) is 2.08. The zero-order valence-corrected chi connectivity index (χ0v) is 13.1. The van der Waals surface area contributed by atoms with Crippen LogP contribution < -0.4 is 11.1 Å². The number of nitrogens with two attached hydrogens (primary N) is 1. The Morgan fingerprint density at radius 2 is 2.00 bits per heavy atom. The van der Waals surface area contributed by atoms with Crippen molar-refractivity contribution >= 4 is 11.7 Å². The second-order valence-electron chi connectivity index (χ2n) is 5.73. The maximum absolute atomic E-state index is 12.2. The number of carbonyl (C=O) groups excluding carboxylic acids is 1. The summed E-state index contributed by atoms with van der Waals surface area (Å²) >= 11 is 0. The molecule has 4 heteroatoms. The van der Waals surface area contributed by atoms with Gasteiger partial charge in [-0.25, -0.2) is 4.98 Å². The van der Waals surface area contributed by atoms with E-state index >= 15 is 0 Å². The topological polar surface area (TPSA) is 68.0 Å². The van der Waals surface area contributed by atoms with Crippen molar-refractivity contribution in [3.8, 4) is 0 Å². The Morgan fingerprint density at radius 3 is 2.60 bits per heavy atom. The third kappa shape index (κ3) is 5.19. The Morgan fingerprint density at radius 1 is 1.30 bits per heavy atom. The van der Waals surface area contributed by atoms with Crippen molar-refractivity contribution in [1.29, 1.82) is 0 Å². The summed E-state index contributed by atoms with van der Waals surface area (Å²) in [6.07, 6.45) is 4.56. The predicted molar refractivity (Wildman–Crippen MR) is 83.8 cm³/mol. The molecule has 1 heterocycles. The van der Waals surface area contributed by atoms with E-state index in [1.54, 1.807) is 6.07 Å². The third-order valence-corrected chi connectivity index (χ3v) is 3.34. The highest BCUT2D eigenvalue weighted by Gasteiger charge is 2.13. The minimum Gasteiger partial charge on any atom is -0.384 e. The number of rotatable bonds is 7. The number of unbranched alkanes of at least 4 members (excludes halogenated alkanes) is 2. The average molecular weight is 277 g/mol. The Bertz CT molecular complexity index is 443. The van der Waals surface area contributed by atoms with Gasteiger partial charge in [0, 0.05) is 17.3 Å². The van der Waals surface area contributed by atoms with E-state index in [9.17, 15) is 4.79 Å². The zero-order chi connectivity index (χ0) is 15.1. The fourth-order valence-corrected chi connectivity index (χ4v) is 2.08.